The molecule has 0 saturated heterocycles. The molecule has 1 unspecified atom stereocenters. The van der Waals surface area contributed by atoms with E-state index in [1.165, 1.54) is 11.3 Å². The van der Waals surface area contributed by atoms with Crippen LogP contribution < -0.4 is 0 Å². The lowest BCUT2D eigenvalue weighted by atomic mass is 10.0. The van der Waals surface area contributed by atoms with E-state index in [2.05, 4.69) is 45.4 Å². The van der Waals surface area contributed by atoms with Crippen molar-refractivity contribution in [2.24, 2.45) is 7.05 Å². The number of carbonyl (C=O) groups is 1. The van der Waals surface area contributed by atoms with E-state index in [0.29, 0.717) is 0 Å². The Morgan fingerprint density at radius 3 is 2.60 bits per heavy atom. The number of rotatable bonds is 4. The SMILES string of the molecule is CCc1c(CC(C)N(C)C(=O)OC(C)(C)C)c2ccc(Br)nc2n1C. The Morgan fingerprint density at radius 2 is 2.04 bits per heavy atom. The second-order valence-electron chi connectivity index (χ2n) is 7.49. The molecule has 0 aliphatic carbocycles. The van der Waals surface area contributed by atoms with Gasteiger partial charge in [0.15, 0.2) is 0 Å². The third-order valence-corrected chi connectivity index (χ3v) is 4.86. The van der Waals surface area contributed by atoms with E-state index in [1.54, 1.807) is 11.9 Å². The summed E-state index contributed by atoms with van der Waals surface area (Å²) in [6.45, 7) is 9.84. The number of fused-ring (bicyclic) bond motifs is 1. The smallest absolute Gasteiger partial charge is 0.410 e. The van der Waals surface area contributed by atoms with E-state index in [9.17, 15) is 4.79 Å². The zero-order chi connectivity index (χ0) is 18.9. The summed E-state index contributed by atoms with van der Waals surface area (Å²) in [5.74, 6) is 0. The molecule has 0 radical (unpaired) electrons. The molecule has 0 fully saturated rings. The Labute approximate surface area is 158 Å². The van der Waals surface area contributed by atoms with Gasteiger partial charge in [0.2, 0.25) is 0 Å². The van der Waals surface area contributed by atoms with Crippen LogP contribution in [0.1, 0.15) is 45.9 Å². The zero-order valence-electron chi connectivity index (χ0n) is 16.2. The molecule has 0 bridgehead atoms. The predicted molar refractivity (Wildman–Crippen MR) is 105 cm³/mol. The van der Waals surface area contributed by atoms with Crippen molar-refractivity contribution < 1.29 is 9.53 Å². The number of halogens is 1. The zero-order valence-corrected chi connectivity index (χ0v) is 17.8. The lowest BCUT2D eigenvalue weighted by Gasteiger charge is -2.29. The largest absolute Gasteiger partial charge is 0.444 e. The highest BCUT2D eigenvalue weighted by Gasteiger charge is 2.25. The van der Waals surface area contributed by atoms with Gasteiger partial charge in [0, 0.05) is 31.2 Å². The number of nitrogens with zero attached hydrogens (tertiary/aromatic N) is 3. The molecule has 0 aliphatic rings. The number of likely N-dealkylation sites (N-methyl/N-ethyl adjacent to an activating group) is 1. The highest BCUT2D eigenvalue weighted by Crippen LogP contribution is 2.28. The molecule has 2 heterocycles. The normalized spacial score (nSPS) is 13.1. The second kappa shape index (κ2) is 7.36. The third-order valence-electron chi connectivity index (χ3n) is 4.41. The number of hydrogen-bond acceptors (Lipinski definition) is 3. The standard InChI is InChI=1S/C19H28BrN3O2/c1-8-15-14(13-9-10-16(20)21-17(13)23(15)7)11-12(2)22(6)18(24)25-19(3,4)5/h9-10,12H,8,11H2,1-7H3. The molecule has 0 spiro atoms. The number of carbonyl (C=O) groups excluding carboxylic acids is 1. The summed E-state index contributed by atoms with van der Waals surface area (Å²) in [6, 6.07) is 4.09. The minimum atomic E-state index is -0.491. The minimum absolute atomic E-state index is 0.0226. The quantitative estimate of drug-likeness (QED) is 0.687. The number of hydrogen-bond donors (Lipinski definition) is 0. The summed E-state index contributed by atoms with van der Waals surface area (Å²) in [6.07, 6.45) is 1.39. The monoisotopic (exact) mass is 409 g/mol. The summed E-state index contributed by atoms with van der Waals surface area (Å²) in [4.78, 5) is 18.6. The first kappa shape index (κ1) is 19.8. The molecule has 6 heteroatoms. The first-order chi connectivity index (χ1) is 11.5. The summed E-state index contributed by atoms with van der Waals surface area (Å²) in [7, 11) is 3.84. The number of amides is 1. The van der Waals surface area contributed by atoms with Crippen LogP contribution in [0.2, 0.25) is 0 Å². The molecule has 0 aliphatic heterocycles. The van der Waals surface area contributed by atoms with Crippen molar-refractivity contribution in [1.29, 1.82) is 0 Å². The van der Waals surface area contributed by atoms with Gasteiger partial charge in [0.25, 0.3) is 0 Å². The molecular weight excluding hydrogens is 382 g/mol. The van der Waals surface area contributed by atoms with E-state index < -0.39 is 5.60 Å². The first-order valence-corrected chi connectivity index (χ1v) is 9.43. The van der Waals surface area contributed by atoms with E-state index in [-0.39, 0.29) is 12.1 Å². The molecule has 5 nitrogen and oxygen atoms in total. The Kier molecular flexibility index (Phi) is 5.82. The van der Waals surface area contributed by atoms with E-state index in [0.717, 1.165) is 28.5 Å². The highest BCUT2D eigenvalue weighted by molar-refractivity contribution is 9.10. The Balaban J connectivity index is 2.32. The number of ether oxygens (including phenoxy) is 1. The number of aromatic nitrogens is 2. The van der Waals surface area contributed by atoms with Crippen LogP contribution in [0, 0.1) is 0 Å². The van der Waals surface area contributed by atoms with E-state index >= 15 is 0 Å². The lowest BCUT2D eigenvalue weighted by Crippen LogP contribution is -2.40. The fourth-order valence-corrected chi connectivity index (χ4v) is 3.33. The molecule has 25 heavy (non-hydrogen) atoms. The molecule has 1 atom stereocenters. The fourth-order valence-electron chi connectivity index (χ4n) is 3.03. The van der Waals surface area contributed by atoms with Crippen molar-refractivity contribution in [3.63, 3.8) is 0 Å². The molecule has 0 N–H and O–H groups in total. The van der Waals surface area contributed by atoms with Gasteiger partial charge in [-0.1, -0.05) is 6.92 Å². The van der Waals surface area contributed by atoms with Gasteiger partial charge < -0.3 is 14.2 Å². The lowest BCUT2D eigenvalue weighted by molar-refractivity contribution is 0.0236. The number of aryl methyl sites for hydroxylation is 1. The maximum Gasteiger partial charge on any atom is 0.410 e. The van der Waals surface area contributed by atoms with Crippen LogP contribution in [0.3, 0.4) is 0 Å². The molecule has 2 aromatic heterocycles. The van der Waals surface area contributed by atoms with Crippen LogP contribution >= 0.6 is 15.9 Å². The first-order valence-electron chi connectivity index (χ1n) is 8.63. The molecule has 0 saturated carbocycles. The molecule has 2 rings (SSSR count). The van der Waals surface area contributed by atoms with Gasteiger partial charge in [-0.05, 0) is 74.2 Å². The second-order valence-corrected chi connectivity index (χ2v) is 8.30. The van der Waals surface area contributed by atoms with Gasteiger partial charge in [0.1, 0.15) is 15.9 Å². The van der Waals surface area contributed by atoms with Crippen molar-refractivity contribution in [3.05, 3.63) is 28.0 Å². The van der Waals surface area contributed by atoms with Crippen LogP contribution in [0.15, 0.2) is 16.7 Å². The van der Waals surface area contributed by atoms with Crippen molar-refractivity contribution in [2.75, 3.05) is 7.05 Å². The van der Waals surface area contributed by atoms with Gasteiger partial charge in [-0.25, -0.2) is 9.78 Å². The Morgan fingerprint density at radius 1 is 1.40 bits per heavy atom. The van der Waals surface area contributed by atoms with Gasteiger partial charge >= 0.3 is 6.09 Å². The van der Waals surface area contributed by atoms with Crippen LogP contribution in [0.4, 0.5) is 4.79 Å². The van der Waals surface area contributed by atoms with Crippen LogP contribution in [-0.4, -0.2) is 39.2 Å². The predicted octanol–water partition coefficient (Wildman–Crippen LogP) is 4.70. The maximum absolute atomic E-state index is 12.3. The van der Waals surface area contributed by atoms with Crippen molar-refractivity contribution in [1.82, 2.24) is 14.5 Å². The fraction of sp³-hybridized carbons (Fsp3) is 0.579. The van der Waals surface area contributed by atoms with Crippen molar-refractivity contribution in [2.45, 2.75) is 59.1 Å². The molecule has 1 amide bonds. The van der Waals surface area contributed by atoms with Crippen molar-refractivity contribution >= 4 is 33.1 Å². The van der Waals surface area contributed by atoms with Crippen molar-refractivity contribution in [3.8, 4) is 0 Å². The molecule has 2 aromatic rings. The van der Waals surface area contributed by atoms with Gasteiger partial charge in [-0.3, -0.25) is 0 Å². The van der Waals surface area contributed by atoms with Crippen LogP contribution in [0.5, 0.6) is 0 Å². The maximum atomic E-state index is 12.3. The van der Waals surface area contributed by atoms with E-state index in [4.69, 9.17) is 4.74 Å². The summed E-state index contributed by atoms with van der Waals surface area (Å²) in [5, 5.41) is 1.15. The number of pyridine rings is 1. The Bertz CT molecular complexity index is 777. The van der Waals surface area contributed by atoms with Crippen LogP contribution in [-0.2, 0) is 24.6 Å². The third kappa shape index (κ3) is 4.35. The van der Waals surface area contributed by atoms with Gasteiger partial charge in [-0.15, -0.1) is 0 Å². The Hall–Kier alpha value is -1.56. The van der Waals surface area contributed by atoms with Crippen LogP contribution in [0.25, 0.3) is 11.0 Å². The molecular formula is C19H28BrN3O2. The topological polar surface area (TPSA) is 47.4 Å². The summed E-state index contributed by atoms with van der Waals surface area (Å²) >= 11 is 3.45. The van der Waals surface area contributed by atoms with E-state index in [1.807, 2.05) is 33.9 Å². The summed E-state index contributed by atoms with van der Waals surface area (Å²) < 4.78 is 8.46. The highest BCUT2D eigenvalue weighted by atomic mass is 79.9. The van der Waals surface area contributed by atoms with Gasteiger partial charge in [-0.2, -0.15) is 0 Å². The average molecular weight is 410 g/mol. The molecule has 138 valence electrons. The van der Waals surface area contributed by atoms with Gasteiger partial charge in [0.05, 0.1) is 0 Å². The average Bonchev–Trinajstić information content (AvgIpc) is 2.76. The minimum Gasteiger partial charge on any atom is -0.444 e. The molecule has 0 aromatic carbocycles. The summed E-state index contributed by atoms with van der Waals surface area (Å²) in [5.41, 5.74) is 2.98.